The van der Waals surface area contributed by atoms with Crippen LogP contribution in [0.15, 0.2) is 6.20 Å². The number of halogens is 4. The van der Waals surface area contributed by atoms with Gasteiger partial charge in [0.2, 0.25) is 5.88 Å². The third-order valence-electron chi connectivity index (χ3n) is 1.85. The van der Waals surface area contributed by atoms with Crippen LogP contribution < -0.4 is 9.47 Å². The van der Waals surface area contributed by atoms with E-state index in [-0.39, 0.29) is 22.5 Å². The van der Waals surface area contributed by atoms with E-state index in [9.17, 15) is 13.2 Å². The molecule has 0 N–H and O–H groups in total. The zero-order valence-corrected chi connectivity index (χ0v) is 10.1. The van der Waals surface area contributed by atoms with Gasteiger partial charge in [-0.2, -0.15) is 0 Å². The van der Waals surface area contributed by atoms with Gasteiger partial charge in [0.15, 0.2) is 0 Å². The average molecular weight is 300 g/mol. The van der Waals surface area contributed by atoms with Gasteiger partial charge in [0.25, 0.3) is 0 Å². The van der Waals surface area contributed by atoms with E-state index in [1.54, 1.807) is 0 Å². The lowest BCUT2D eigenvalue weighted by molar-refractivity contribution is -0.275. The maximum absolute atomic E-state index is 12.2. The zero-order valence-electron chi connectivity index (χ0n) is 8.56. The van der Waals surface area contributed by atoms with Crippen molar-refractivity contribution in [2.24, 2.45) is 0 Å². The third-order valence-corrected chi connectivity index (χ3v) is 2.45. The van der Waals surface area contributed by atoms with Crippen LogP contribution >= 0.6 is 15.9 Å². The monoisotopic (exact) mass is 299 g/mol. The normalized spacial score (nSPS) is 11.4. The van der Waals surface area contributed by atoms with Gasteiger partial charge in [-0.15, -0.1) is 13.2 Å². The number of rotatable bonds is 3. The molecule has 0 fully saturated rings. The van der Waals surface area contributed by atoms with Crippen LogP contribution in [0.25, 0.3) is 0 Å². The zero-order chi connectivity index (χ0) is 12.3. The van der Waals surface area contributed by atoms with Crippen molar-refractivity contribution >= 4 is 15.9 Å². The van der Waals surface area contributed by atoms with Gasteiger partial charge in [0.1, 0.15) is 5.75 Å². The highest BCUT2D eigenvalue weighted by Crippen LogP contribution is 2.34. The number of methoxy groups -OCH3 is 1. The van der Waals surface area contributed by atoms with E-state index in [1.165, 1.54) is 20.2 Å². The molecule has 1 rings (SSSR count). The van der Waals surface area contributed by atoms with Crippen molar-refractivity contribution in [3.05, 3.63) is 17.3 Å². The molecule has 0 saturated heterocycles. The molecule has 0 unspecified atom stereocenters. The first kappa shape index (κ1) is 13.1. The Morgan fingerprint density at radius 2 is 2.06 bits per heavy atom. The van der Waals surface area contributed by atoms with Crippen LogP contribution in [0.2, 0.25) is 0 Å². The highest BCUT2D eigenvalue weighted by Gasteiger charge is 2.33. The Labute approximate surface area is 98.7 Å². The van der Waals surface area contributed by atoms with Crippen molar-refractivity contribution < 1.29 is 22.6 Å². The summed E-state index contributed by atoms with van der Waals surface area (Å²) in [6.07, 6.45) is -3.45. The third kappa shape index (κ3) is 3.01. The second-order valence-electron chi connectivity index (χ2n) is 2.93. The van der Waals surface area contributed by atoms with Crippen LogP contribution in [-0.2, 0) is 5.33 Å². The minimum Gasteiger partial charge on any atom is -0.481 e. The summed E-state index contributed by atoms with van der Waals surface area (Å²) in [5, 5.41) is 0.218. The molecule has 0 aliphatic heterocycles. The maximum Gasteiger partial charge on any atom is 0.573 e. The summed E-state index contributed by atoms with van der Waals surface area (Å²) < 4.78 is 45.3. The van der Waals surface area contributed by atoms with Crippen LogP contribution in [0.3, 0.4) is 0 Å². The smallest absolute Gasteiger partial charge is 0.481 e. The summed E-state index contributed by atoms with van der Waals surface area (Å²) in [7, 11) is 1.33. The topological polar surface area (TPSA) is 31.4 Å². The second kappa shape index (κ2) is 4.90. The van der Waals surface area contributed by atoms with Crippen molar-refractivity contribution in [2.45, 2.75) is 18.6 Å². The molecule has 1 aromatic heterocycles. The number of hydrogen-bond donors (Lipinski definition) is 0. The highest BCUT2D eigenvalue weighted by atomic mass is 79.9. The fourth-order valence-corrected chi connectivity index (χ4v) is 1.59. The lowest BCUT2D eigenvalue weighted by atomic mass is 10.2. The first-order chi connectivity index (χ1) is 7.39. The Morgan fingerprint density at radius 3 is 2.50 bits per heavy atom. The van der Waals surface area contributed by atoms with Crippen molar-refractivity contribution in [1.29, 1.82) is 0 Å². The second-order valence-corrected chi connectivity index (χ2v) is 3.49. The number of hydrogen-bond acceptors (Lipinski definition) is 3. The van der Waals surface area contributed by atoms with E-state index in [4.69, 9.17) is 4.74 Å². The molecule has 0 aromatic carbocycles. The quantitative estimate of drug-likeness (QED) is 0.803. The predicted octanol–water partition coefficient (Wildman–Crippen LogP) is 3.19. The molecule has 0 aliphatic rings. The van der Waals surface area contributed by atoms with E-state index in [2.05, 4.69) is 25.7 Å². The molecule has 0 atom stereocenters. The SMILES string of the molecule is COc1ncc(CBr)c(OC(F)(F)F)c1C. The molecule has 90 valence electrons. The van der Waals surface area contributed by atoms with Crippen LogP contribution in [0.1, 0.15) is 11.1 Å². The van der Waals surface area contributed by atoms with Gasteiger partial charge in [0.05, 0.1) is 12.7 Å². The van der Waals surface area contributed by atoms with Gasteiger partial charge in [-0.1, -0.05) is 15.9 Å². The Kier molecular flexibility index (Phi) is 4.01. The van der Waals surface area contributed by atoms with Gasteiger partial charge < -0.3 is 9.47 Å². The van der Waals surface area contributed by atoms with Crippen LogP contribution in [0, 0.1) is 6.92 Å². The molecule has 16 heavy (non-hydrogen) atoms. The molecule has 0 aliphatic carbocycles. The van der Waals surface area contributed by atoms with Crippen molar-refractivity contribution in [1.82, 2.24) is 4.98 Å². The lowest BCUT2D eigenvalue weighted by Gasteiger charge is -2.15. The first-order valence-electron chi connectivity index (χ1n) is 4.23. The van der Waals surface area contributed by atoms with E-state index >= 15 is 0 Å². The first-order valence-corrected chi connectivity index (χ1v) is 5.35. The van der Waals surface area contributed by atoms with Gasteiger partial charge in [-0.3, -0.25) is 0 Å². The molecule has 0 radical (unpaired) electrons. The van der Waals surface area contributed by atoms with E-state index < -0.39 is 6.36 Å². The molecular weight excluding hydrogens is 291 g/mol. The summed E-state index contributed by atoms with van der Waals surface area (Å²) in [4.78, 5) is 3.86. The van der Waals surface area contributed by atoms with Crippen molar-refractivity contribution in [3.8, 4) is 11.6 Å². The number of ether oxygens (including phenoxy) is 2. The fourth-order valence-electron chi connectivity index (χ4n) is 1.19. The number of pyridine rings is 1. The van der Waals surface area contributed by atoms with E-state index in [0.717, 1.165) is 0 Å². The number of aromatic nitrogens is 1. The largest absolute Gasteiger partial charge is 0.573 e. The van der Waals surface area contributed by atoms with Gasteiger partial charge in [0, 0.05) is 17.1 Å². The lowest BCUT2D eigenvalue weighted by Crippen LogP contribution is -2.19. The Hall–Kier alpha value is -0.980. The highest BCUT2D eigenvalue weighted by molar-refractivity contribution is 9.08. The van der Waals surface area contributed by atoms with Gasteiger partial charge >= 0.3 is 6.36 Å². The molecule has 0 saturated carbocycles. The minimum absolute atomic E-state index is 0.115. The van der Waals surface area contributed by atoms with E-state index in [1.807, 2.05) is 0 Å². The summed E-state index contributed by atoms with van der Waals surface area (Å²) in [6.45, 7) is 1.46. The molecule has 1 aromatic rings. The minimum atomic E-state index is -4.73. The predicted molar refractivity (Wildman–Crippen MR) is 54.8 cm³/mol. The standard InChI is InChI=1S/C9H9BrF3NO2/c1-5-7(16-9(11,12)13)6(3-10)4-14-8(5)15-2/h4H,3H2,1-2H3. The molecule has 7 heteroatoms. The van der Waals surface area contributed by atoms with Gasteiger partial charge in [-0.25, -0.2) is 4.98 Å². The number of alkyl halides is 4. The molecule has 3 nitrogen and oxygen atoms in total. The molecule has 0 spiro atoms. The Morgan fingerprint density at radius 1 is 1.44 bits per heavy atom. The molecule has 1 heterocycles. The molecular formula is C9H9BrF3NO2. The maximum atomic E-state index is 12.2. The van der Waals surface area contributed by atoms with E-state index in [0.29, 0.717) is 5.56 Å². The van der Waals surface area contributed by atoms with Crippen molar-refractivity contribution in [2.75, 3.05) is 7.11 Å². The summed E-state index contributed by atoms with van der Waals surface area (Å²) in [6, 6.07) is 0. The van der Waals surface area contributed by atoms with Gasteiger partial charge in [-0.05, 0) is 6.92 Å². The van der Waals surface area contributed by atoms with Crippen LogP contribution in [0.4, 0.5) is 13.2 Å². The average Bonchev–Trinajstić information content (AvgIpc) is 2.19. The molecule has 0 bridgehead atoms. The molecule has 0 amide bonds. The summed E-state index contributed by atoms with van der Waals surface area (Å²) >= 11 is 3.07. The van der Waals surface area contributed by atoms with Crippen LogP contribution in [0.5, 0.6) is 11.6 Å². The Balaban J connectivity index is 3.21. The Bertz CT molecular complexity index is 382. The fraction of sp³-hybridized carbons (Fsp3) is 0.444. The number of nitrogens with zero attached hydrogens (tertiary/aromatic N) is 1. The summed E-state index contributed by atoms with van der Waals surface area (Å²) in [5.74, 6) is -0.153. The van der Waals surface area contributed by atoms with Crippen LogP contribution in [-0.4, -0.2) is 18.5 Å². The summed E-state index contributed by atoms with van der Waals surface area (Å²) in [5.41, 5.74) is 0.535. The van der Waals surface area contributed by atoms with Crippen molar-refractivity contribution in [3.63, 3.8) is 0 Å².